The van der Waals surface area contributed by atoms with Crippen LogP contribution in [0.1, 0.15) is 45.4 Å². The van der Waals surface area contributed by atoms with Crippen LogP contribution in [0.2, 0.25) is 0 Å². The Morgan fingerprint density at radius 3 is 2.52 bits per heavy atom. The molecule has 1 aliphatic heterocycles. The predicted molar refractivity (Wildman–Crippen MR) is 96.9 cm³/mol. The zero-order valence-electron chi connectivity index (χ0n) is 14.6. The molecular formula is C19H19N5O3. The van der Waals surface area contributed by atoms with E-state index in [2.05, 4.69) is 15.4 Å². The molecule has 3 heterocycles. The smallest absolute Gasteiger partial charge is 0.276 e. The Labute approximate surface area is 155 Å². The van der Waals surface area contributed by atoms with Gasteiger partial charge in [-0.3, -0.25) is 14.7 Å². The van der Waals surface area contributed by atoms with E-state index < -0.39 is 5.91 Å². The quantitative estimate of drug-likeness (QED) is 0.735. The van der Waals surface area contributed by atoms with Crippen molar-refractivity contribution in [2.75, 3.05) is 13.1 Å². The van der Waals surface area contributed by atoms with Gasteiger partial charge in [-0.1, -0.05) is 35.5 Å². The summed E-state index contributed by atoms with van der Waals surface area (Å²) < 4.78 is 5.32. The Hall–Kier alpha value is -3.42. The second kappa shape index (κ2) is 7.06. The van der Waals surface area contributed by atoms with Gasteiger partial charge in [-0.25, -0.2) is 0 Å². The maximum atomic E-state index is 12.7. The molecule has 0 spiro atoms. The standard InChI is InChI=1S/C19H19N5O3/c20-18(25)15-10-14(21-22-15)12-6-8-24(9-7-12)19(26)16-11-17(27-23-16)13-4-2-1-3-5-13/h1-5,10-12H,6-9H2,(H2,20,25)(H,21,22). The molecule has 1 saturated heterocycles. The van der Waals surface area contributed by atoms with Crippen molar-refractivity contribution in [1.29, 1.82) is 0 Å². The molecule has 8 heteroatoms. The monoisotopic (exact) mass is 365 g/mol. The lowest BCUT2D eigenvalue weighted by Crippen LogP contribution is -2.38. The Balaban J connectivity index is 1.40. The molecule has 0 aliphatic carbocycles. The largest absolute Gasteiger partial charge is 0.364 e. The molecular weight excluding hydrogens is 346 g/mol. The number of rotatable bonds is 4. The summed E-state index contributed by atoms with van der Waals surface area (Å²) in [5.41, 5.74) is 7.54. The molecule has 2 aromatic heterocycles. The zero-order chi connectivity index (χ0) is 18.8. The van der Waals surface area contributed by atoms with Crippen molar-refractivity contribution in [3.63, 3.8) is 0 Å². The summed E-state index contributed by atoms with van der Waals surface area (Å²) in [5, 5.41) is 10.7. The van der Waals surface area contributed by atoms with Gasteiger partial charge in [0.1, 0.15) is 5.69 Å². The van der Waals surface area contributed by atoms with E-state index in [0.717, 1.165) is 24.1 Å². The van der Waals surface area contributed by atoms with Gasteiger partial charge in [-0.2, -0.15) is 5.10 Å². The van der Waals surface area contributed by atoms with Gasteiger partial charge >= 0.3 is 0 Å². The fraction of sp³-hybridized carbons (Fsp3) is 0.263. The molecule has 1 aliphatic rings. The van der Waals surface area contributed by atoms with E-state index in [1.807, 2.05) is 30.3 Å². The summed E-state index contributed by atoms with van der Waals surface area (Å²) in [6.07, 6.45) is 1.55. The Kier molecular flexibility index (Phi) is 4.45. The number of hydrogen-bond donors (Lipinski definition) is 2. The van der Waals surface area contributed by atoms with Crippen LogP contribution in [-0.4, -0.2) is 45.2 Å². The molecule has 2 amide bonds. The van der Waals surface area contributed by atoms with Crippen molar-refractivity contribution >= 4 is 11.8 Å². The van der Waals surface area contributed by atoms with Gasteiger partial charge in [0.25, 0.3) is 11.8 Å². The van der Waals surface area contributed by atoms with Crippen LogP contribution >= 0.6 is 0 Å². The minimum Gasteiger partial charge on any atom is -0.364 e. The number of hydrogen-bond acceptors (Lipinski definition) is 5. The number of benzene rings is 1. The molecule has 3 N–H and O–H groups in total. The first-order valence-corrected chi connectivity index (χ1v) is 8.78. The normalized spacial score (nSPS) is 15.0. The zero-order valence-corrected chi connectivity index (χ0v) is 14.6. The van der Waals surface area contributed by atoms with Crippen LogP contribution in [0.4, 0.5) is 0 Å². The number of H-pyrrole nitrogens is 1. The van der Waals surface area contributed by atoms with Crippen molar-refractivity contribution in [3.05, 3.63) is 59.5 Å². The number of nitrogens with two attached hydrogens (primary N) is 1. The summed E-state index contributed by atoms with van der Waals surface area (Å²) in [5.74, 6) is 0.101. The third kappa shape index (κ3) is 3.46. The Bertz CT molecular complexity index is 955. The molecule has 8 nitrogen and oxygen atoms in total. The van der Waals surface area contributed by atoms with Crippen LogP contribution in [0.5, 0.6) is 0 Å². The highest BCUT2D eigenvalue weighted by Gasteiger charge is 2.27. The maximum Gasteiger partial charge on any atom is 0.276 e. The van der Waals surface area contributed by atoms with Crippen LogP contribution in [0.15, 0.2) is 47.0 Å². The fourth-order valence-electron chi connectivity index (χ4n) is 3.34. The van der Waals surface area contributed by atoms with Crippen LogP contribution in [-0.2, 0) is 0 Å². The number of primary amides is 1. The number of carbonyl (C=O) groups is 2. The topological polar surface area (TPSA) is 118 Å². The van der Waals surface area contributed by atoms with E-state index in [-0.39, 0.29) is 17.5 Å². The Morgan fingerprint density at radius 2 is 1.85 bits per heavy atom. The average Bonchev–Trinajstić information content (AvgIpc) is 3.38. The number of carbonyl (C=O) groups excluding carboxylic acids is 2. The highest BCUT2D eigenvalue weighted by Crippen LogP contribution is 2.28. The molecule has 27 heavy (non-hydrogen) atoms. The third-order valence-electron chi connectivity index (χ3n) is 4.86. The Morgan fingerprint density at radius 1 is 1.11 bits per heavy atom. The number of likely N-dealkylation sites (tertiary alicyclic amines) is 1. The number of amides is 2. The first-order chi connectivity index (χ1) is 13.1. The third-order valence-corrected chi connectivity index (χ3v) is 4.86. The summed E-state index contributed by atoms with van der Waals surface area (Å²) in [4.78, 5) is 25.6. The van der Waals surface area contributed by atoms with Crippen LogP contribution in [0, 0.1) is 0 Å². The van der Waals surface area contributed by atoms with Gasteiger partial charge < -0.3 is 15.2 Å². The molecule has 138 valence electrons. The summed E-state index contributed by atoms with van der Waals surface area (Å²) in [6, 6.07) is 12.9. The lowest BCUT2D eigenvalue weighted by molar-refractivity contribution is 0.0701. The van der Waals surface area contributed by atoms with E-state index in [0.29, 0.717) is 24.5 Å². The van der Waals surface area contributed by atoms with E-state index in [1.165, 1.54) is 0 Å². The van der Waals surface area contributed by atoms with Crippen molar-refractivity contribution in [1.82, 2.24) is 20.3 Å². The first-order valence-electron chi connectivity index (χ1n) is 8.78. The molecule has 1 fully saturated rings. The van der Waals surface area contributed by atoms with E-state index in [1.54, 1.807) is 17.0 Å². The minimum absolute atomic E-state index is 0.137. The molecule has 0 atom stereocenters. The van der Waals surface area contributed by atoms with Crippen LogP contribution in [0.25, 0.3) is 11.3 Å². The molecule has 3 aromatic rings. The molecule has 1 aromatic carbocycles. The number of aromatic nitrogens is 3. The first kappa shape index (κ1) is 17.0. The van der Waals surface area contributed by atoms with Gasteiger partial charge in [0.05, 0.1) is 0 Å². The van der Waals surface area contributed by atoms with E-state index in [9.17, 15) is 9.59 Å². The summed E-state index contributed by atoms with van der Waals surface area (Å²) in [7, 11) is 0. The van der Waals surface area contributed by atoms with Crippen LogP contribution in [0.3, 0.4) is 0 Å². The summed E-state index contributed by atoms with van der Waals surface area (Å²) >= 11 is 0. The SMILES string of the molecule is NC(=O)c1cc(C2CCN(C(=O)c3cc(-c4ccccc4)on3)CC2)[nH]n1. The maximum absolute atomic E-state index is 12.7. The van der Waals surface area contributed by atoms with Gasteiger partial charge in [0.2, 0.25) is 0 Å². The minimum atomic E-state index is -0.551. The van der Waals surface area contributed by atoms with E-state index in [4.69, 9.17) is 10.3 Å². The molecule has 0 radical (unpaired) electrons. The predicted octanol–water partition coefficient (Wildman–Crippen LogP) is 2.18. The highest BCUT2D eigenvalue weighted by atomic mass is 16.5. The molecule has 0 bridgehead atoms. The van der Waals surface area contributed by atoms with Crippen molar-refractivity contribution in [3.8, 4) is 11.3 Å². The lowest BCUT2D eigenvalue weighted by Gasteiger charge is -2.30. The van der Waals surface area contributed by atoms with Gasteiger partial charge in [-0.05, 0) is 18.9 Å². The van der Waals surface area contributed by atoms with Crippen molar-refractivity contribution in [2.45, 2.75) is 18.8 Å². The van der Waals surface area contributed by atoms with Gasteiger partial charge in [0, 0.05) is 36.3 Å². The van der Waals surface area contributed by atoms with E-state index >= 15 is 0 Å². The van der Waals surface area contributed by atoms with Gasteiger partial charge in [0.15, 0.2) is 11.5 Å². The number of nitrogens with one attached hydrogen (secondary N) is 1. The van der Waals surface area contributed by atoms with Gasteiger partial charge in [-0.15, -0.1) is 0 Å². The van der Waals surface area contributed by atoms with Crippen molar-refractivity contribution in [2.24, 2.45) is 5.73 Å². The van der Waals surface area contributed by atoms with Crippen molar-refractivity contribution < 1.29 is 14.1 Å². The molecule has 4 rings (SSSR count). The second-order valence-electron chi connectivity index (χ2n) is 6.58. The lowest BCUT2D eigenvalue weighted by atomic mass is 9.93. The number of piperidine rings is 1. The average molecular weight is 365 g/mol. The fourth-order valence-corrected chi connectivity index (χ4v) is 3.34. The summed E-state index contributed by atoms with van der Waals surface area (Å²) in [6.45, 7) is 1.20. The molecule has 0 saturated carbocycles. The highest BCUT2D eigenvalue weighted by molar-refractivity contribution is 5.93. The molecule has 0 unspecified atom stereocenters. The van der Waals surface area contributed by atoms with Crippen LogP contribution < -0.4 is 5.73 Å². The number of nitrogens with zero attached hydrogens (tertiary/aromatic N) is 3. The number of aromatic amines is 1. The second-order valence-corrected chi connectivity index (χ2v) is 6.58.